The Hall–Kier alpha value is -2.53. The number of carbonyl (C=O) groups is 2. The standard InChI is InChI=1S/C22H24ClN3O2/c1-16-18(23)8-5-9-19(16)24-20(27)22(10-11-22)21(28)26-14-12-25(13-15-26)17-6-3-2-4-7-17/h2-9H,10-15H2,1H3,(H,24,27). The summed E-state index contributed by atoms with van der Waals surface area (Å²) < 4.78 is 0. The van der Waals surface area contributed by atoms with Crippen LogP contribution in [0.4, 0.5) is 11.4 Å². The van der Waals surface area contributed by atoms with E-state index >= 15 is 0 Å². The van der Waals surface area contributed by atoms with E-state index in [4.69, 9.17) is 11.6 Å². The number of nitrogens with zero attached hydrogens (tertiary/aromatic N) is 2. The van der Waals surface area contributed by atoms with E-state index in [1.807, 2.05) is 36.1 Å². The molecule has 4 rings (SSSR count). The molecule has 1 saturated heterocycles. The number of nitrogens with one attached hydrogen (secondary N) is 1. The minimum absolute atomic E-state index is 0.0441. The predicted molar refractivity (Wildman–Crippen MR) is 112 cm³/mol. The van der Waals surface area contributed by atoms with E-state index in [-0.39, 0.29) is 11.8 Å². The Kier molecular flexibility index (Phi) is 5.02. The molecule has 2 aromatic rings. The van der Waals surface area contributed by atoms with E-state index in [1.54, 1.807) is 12.1 Å². The Bertz CT molecular complexity index is 888. The van der Waals surface area contributed by atoms with Crippen molar-refractivity contribution in [2.45, 2.75) is 19.8 Å². The molecule has 146 valence electrons. The van der Waals surface area contributed by atoms with Crippen molar-refractivity contribution in [3.8, 4) is 0 Å². The summed E-state index contributed by atoms with van der Waals surface area (Å²) in [5.74, 6) is -0.259. The third-order valence-corrected chi connectivity index (χ3v) is 6.21. The van der Waals surface area contributed by atoms with Gasteiger partial charge in [-0.3, -0.25) is 9.59 Å². The Morgan fingerprint density at radius 1 is 0.964 bits per heavy atom. The molecule has 1 saturated carbocycles. The summed E-state index contributed by atoms with van der Waals surface area (Å²) in [6.07, 6.45) is 1.21. The molecule has 0 bridgehead atoms. The molecule has 0 atom stereocenters. The number of anilines is 2. The number of hydrogen-bond acceptors (Lipinski definition) is 3. The van der Waals surface area contributed by atoms with E-state index in [0.717, 1.165) is 18.7 Å². The lowest BCUT2D eigenvalue weighted by Gasteiger charge is -2.37. The average Bonchev–Trinajstić information content (AvgIpc) is 3.54. The van der Waals surface area contributed by atoms with Crippen molar-refractivity contribution in [2.24, 2.45) is 5.41 Å². The first kappa shape index (κ1) is 18.8. The van der Waals surface area contributed by atoms with Crippen LogP contribution in [0.3, 0.4) is 0 Å². The maximum atomic E-state index is 13.1. The van der Waals surface area contributed by atoms with E-state index in [9.17, 15) is 9.59 Å². The van der Waals surface area contributed by atoms with Gasteiger partial charge in [0.25, 0.3) is 0 Å². The number of amides is 2. The first-order valence-corrected chi connectivity index (χ1v) is 10.0. The van der Waals surface area contributed by atoms with Gasteiger partial charge in [0.1, 0.15) is 5.41 Å². The summed E-state index contributed by atoms with van der Waals surface area (Å²) in [4.78, 5) is 30.2. The third kappa shape index (κ3) is 3.47. The SMILES string of the molecule is Cc1c(Cl)cccc1NC(=O)C1(C(=O)N2CCN(c3ccccc3)CC2)CC1. The molecular weight excluding hydrogens is 374 g/mol. The molecule has 5 nitrogen and oxygen atoms in total. The van der Waals surface area contributed by atoms with Gasteiger partial charge in [0.15, 0.2) is 0 Å². The number of benzene rings is 2. The van der Waals surface area contributed by atoms with Gasteiger partial charge in [0.05, 0.1) is 0 Å². The van der Waals surface area contributed by atoms with Gasteiger partial charge in [-0.05, 0) is 49.6 Å². The van der Waals surface area contributed by atoms with Crippen molar-refractivity contribution >= 4 is 34.8 Å². The minimum atomic E-state index is -0.913. The van der Waals surface area contributed by atoms with Crippen molar-refractivity contribution in [2.75, 3.05) is 36.4 Å². The second kappa shape index (κ2) is 7.47. The van der Waals surface area contributed by atoms with E-state index in [1.165, 1.54) is 5.69 Å². The lowest BCUT2D eigenvalue weighted by Crippen LogP contribution is -2.52. The van der Waals surface area contributed by atoms with Gasteiger partial charge in [-0.1, -0.05) is 35.9 Å². The van der Waals surface area contributed by atoms with E-state index in [2.05, 4.69) is 22.3 Å². The van der Waals surface area contributed by atoms with Gasteiger partial charge < -0.3 is 15.1 Å². The quantitative estimate of drug-likeness (QED) is 0.800. The van der Waals surface area contributed by atoms with Crippen LogP contribution in [0.1, 0.15) is 18.4 Å². The van der Waals surface area contributed by atoms with E-state index < -0.39 is 5.41 Å². The maximum Gasteiger partial charge on any atom is 0.240 e. The predicted octanol–water partition coefficient (Wildman–Crippen LogP) is 3.72. The normalized spacial score (nSPS) is 17.9. The molecule has 2 fully saturated rings. The highest BCUT2D eigenvalue weighted by Crippen LogP contribution is 2.48. The molecule has 1 aliphatic carbocycles. The fourth-order valence-electron chi connectivity index (χ4n) is 3.76. The van der Waals surface area contributed by atoms with Crippen LogP contribution >= 0.6 is 11.6 Å². The van der Waals surface area contributed by atoms with Crippen molar-refractivity contribution in [3.63, 3.8) is 0 Å². The lowest BCUT2D eigenvalue weighted by atomic mass is 10.0. The van der Waals surface area contributed by atoms with Crippen molar-refractivity contribution in [3.05, 3.63) is 59.1 Å². The average molecular weight is 398 g/mol. The van der Waals surface area contributed by atoms with Gasteiger partial charge in [0.2, 0.25) is 11.8 Å². The highest BCUT2D eigenvalue weighted by molar-refractivity contribution is 6.31. The molecule has 0 spiro atoms. The first-order chi connectivity index (χ1) is 13.5. The molecule has 1 heterocycles. The monoisotopic (exact) mass is 397 g/mol. The molecular formula is C22H24ClN3O2. The molecule has 2 aliphatic rings. The van der Waals surface area contributed by atoms with Gasteiger partial charge in [0, 0.05) is 42.6 Å². The fraction of sp³-hybridized carbons (Fsp3) is 0.364. The Balaban J connectivity index is 1.40. The summed E-state index contributed by atoms with van der Waals surface area (Å²) in [5.41, 5.74) is 1.75. The number of rotatable bonds is 4. The van der Waals surface area contributed by atoms with Crippen molar-refractivity contribution < 1.29 is 9.59 Å². The molecule has 2 amide bonds. The number of para-hydroxylation sites is 1. The smallest absolute Gasteiger partial charge is 0.240 e. The molecule has 28 heavy (non-hydrogen) atoms. The Morgan fingerprint density at radius 2 is 1.64 bits per heavy atom. The Labute approximate surface area is 170 Å². The van der Waals surface area contributed by atoms with Crippen LogP contribution in [0.2, 0.25) is 5.02 Å². The van der Waals surface area contributed by atoms with Crippen molar-refractivity contribution in [1.82, 2.24) is 4.90 Å². The van der Waals surface area contributed by atoms with Gasteiger partial charge in [-0.25, -0.2) is 0 Å². The van der Waals surface area contributed by atoms with Crippen LogP contribution in [0, 0.1) is 12.3 Å². The van der Waals surface area contributed by atoms with Crippen LogP contribution in [0.5, 0.6) is 0 Å². The van der Waals surface area contributed by atoms with Crippen LogP contribution in [-0.4, -0.2) is 42.9 Å². The second-order valence-electron chi connectivity index (χ2n) is 7.56. The van der Waals surface area contributed by atoms with Crippen LogP contribution < -0.4 is 10.2 Å². The van der Waals surface area contributed by atoms with Crippen LogP contribution in [0.15, 0.2) is 48.5 Å². The van der Waals surface area contributed by atoms with Crippen LogP contribution in [-0.2, 0) is 9.59 Å². The molecule has 6 heteroatoms. The van der Waals surface area contributed by atoms with Crippen LogP contribution in [0.25, 0.3) is 0 Å². The minimum Gasteiger partial charge on any atom is -0.368 e. The van der Waals surface area contributed by atoms with Gasteiger partial charge in [-0.15, -0.1) is 0 Å². The summed E-state index contributed by atoms with van der Waals surface area (Å²) >= 11 is 6.14. The van der Waals surface area contributed by atoms with E-state index in [0.29, 0.717) is 36.6 Å². The molecule has 1 N–H and O–H groups in total. The summed E-state index contributed by atoms with van der Waals surface area (Å²) in [6.45, 7) is 4.70. The van der Waals surface area contributed by atoms with Gasteiger partial charge >= 0.3 is 0 Å². The zero-order valence-corrected chi connectivity index (χ0v) is 16.7. The highest BCUT2D eigenvalue weighted by Gasteiger charge is 2.58. The molecule has 2 aromatic carbocycles. The second-order valence-corrected chi connectivity index (χ2v) is 7.97. The fourth-order valence-corrected chi connectivity index (χ4v) is 3.93. The van der Waals surface area contributed by atoms with Gasteiger partial charge in [-0.2, -0.15) is 0 Å². The topological polar surface area (TPSA) is 52.7 Å². The summed E-state index contributed by atoms with van der Waals surface area (Å²) in [5, 5.41) is 3.53. The first-order valence-electron chi connectivity index (χ1n) is 9.67. The zero-order valence-electron chi connectivity index (χ0n) is 16.0. The summed E-state index contributed by atoms with van der Waals surface area (Å²) in [6, 6.07) is 15.6. The van der Waals surface area contributed by atoms with Crippen molar-refractivity contribution in [1.29, 1.82) is 0 Å². The zero-order chi connectivity index (χ0) is 19.7. The maximum absolute atomic E-state index is 13.1. The lowest BCUT2D eigenvalue weighted by molar-refractivity contribution is -0.142. The molecule has 0 aromatic heterocycles. The molecule has 0 radical (unpaired) electrons. The molecule has 1 aliphatic heterocycles. The highest BCUT2D eigenvalue weighted by atomic mass is 35.5. The molecule has 0 unspecified atom stereocenters. The summed E-state index contributed by atoms with van der Waals surface area (Å²) in [7, 11) is 0. The number of piperazine rings is 1. The number of carbonyl (C=O) groups excluding carboxylic acids is 2. The number of hydrogen-bond donors (Lipinski definition) is 1. The number of halogens is 1. The third-order valence-electron chi connectivity index (χ3n) is 5.80. The largest absolute Gasteiger partial charge is 0.368 e. The Morgan fingerprint density at radius 3 is 2.29 bits per heavy atom.